The Morgan fingerprint density at radius 2 is 2.04 bits per heavy atom. The van der Waals surface area contributed by atoms with Crippen LogP contribution in [0.4, 0.5) is 0 Å². The summed E-state index contributed by atoms with van der Waals surface area (Å²) in [4.78, 5) is 12.6. The van der Waals surface area contributed by atoms with E-state index in [9.17, 15) is 4.79 Å². The van der Waals surface area contributed by atoms with Crippen LogP contribution in [-0.2, 0) is 13.0 Å². The lowest BCUT2D eigenvalue weighted by Crippen LogP contribution is -2.20. The summed E-state index contributed by atoms with van der Waals surface area (Å²) in [5, 5.41) is 4.33. The van der Waals surface area contributed by atoms with Crippen LogP contribution in [0.2, 0.25) is 4.34 Å². The van der Waals surface area contributed by atoms with E-state index in [0.717, 1.165) is 22.4 Å². The Balaban J connectivity index is 2.15. The molecular formula is C19H21ClN4OS. The molecule has 3 rings (SSSR count). The van der Waals surface area contributed by atoms with Crippen LogP contribution in [0.3, 0.4) is 0 Å². The van der Waals surface area contributed by atoms with E-state index in [0.29, 0.717) is 28.7 Å². The minimum absolute atomic E-state index is 0.0705. The molecule has 1 aromatic carbocycles. The van der Waals surface area contributed by atoms with Crippen LogP contribution in [0, 0.1) is 0 Å². The van der Waals surface area contributed by atoms with Gasteiger partial charge in [0.15, 0.2) is 0 Å². The fourth-order valence-corrected chi connectivity index (χ4v) is 4.63. The molecule has 7 heteroatoms. The Morgan fingerprint density at radius 3 is 2.65 bits per heavy atom. The van der Waals surface area contributed by atoms with Gasteiger partial charge in [0.25, 0.3) is 5.91 Å². The fourth-order valence-electron chi connectivity index (χ4n) is 3.23. The Hall–Kier alpha value is -2.15. The molecule has 0 saturated heterocycles. The predicted octanol–water partition coefficient (Wildman–Crippen LogP) is 3.67. The summed E-state index contributed by atoms with van der Waals surface area (Å²) >= 11 is 7.76. The molecular weight excluding hydrogens is 368 g/mol. The van der Waals surface area contributed by atoms with Crippen molar-refractivity contribution in [1.29, 1.82) is 0 Å². The molecule has 4 N–H and O–H groups in total. The first-order chi connectivity index (χ1) is 12.6. The quantitative estimate of drug-likeness (QED) is 0.647. The van der Waals surface area contributed by atoms with Crippen LogP contribution in [0.25, 0.3) is 11.3 Å². The number of benzene rings is 1. The van der Waals surface area contributed by atoms with Gasteiger partial charge in [-0.25, -0.2) is 0 Å². The van der Waals surface area contributed by atoms with Gasteiger partial charge in [-0.1, -0.05) is 41.9 Å². The number of hydrogen-bond donors (Lipinski definition) is 2. The van der Waals surface area contributed by atoms with Crippen molar-refractivity contribution in [3.8, 4) is 11.3 Å². The molecule has 1 unspecified atom stereocenters. The highest BCUT2D eigenvalue weighted by Crippen LogP contribution is 2.44. The standard InChI is InChI=1S/C19H21ClN4OS/c1-2-24-14(8-9-23-24)16-15(17(19(22)25)26-18(16)20)13(11-21)10-12-6-4-3-5-7-12/h3-9,13H,2,10-11,21H2,1H3,(H2,22,25). The van der Waals surface area contributed by atoms with E-state index in [1.54, 1.807) is 6.20 Å². The zero-order chi connectivity index (χ0) is 18.7. The first kappa shape index (κ1) is 18.6. The van der Waals surface area contributed by atoms with Gasteiger partial charge >= 0.3 is 0 Å². The van der Waals surface area contributed by atoms with Crippen molar-refractivity contribution in [2.75, 3.05) is 6.54 Å². The molecule has 0 bridgehead atoms. The van der Waals surface area contributed by atoms with Crippen molar-refractivity contribution < 1.29 is 4.79 Å². The largest absolute Gasteiger partial charge is 0.365 e. The van der Waals surface area contributed by atoms with E-state index in [1.807, 2.05) is 35.9 Å². The monoisotopic (exact) mass is 388 g/mol. The van der Waals surface area contributed by atoms with Crippen LogP contribution in [-0.4, -0.2) is 22.2 Å². The normalized spacial score (nSPS) is 12.3. The van der Waals surface area contributed by atoms with Gasteiger partial charge in [-0.3, -0.25) is 9.48 Å². The van der Waals surface area contributed by atoms with Crippen molar-refractivity contribution in [3.63, 3.8) is 0 Å². The molecule has 3 aromatic rings. The van der Waals surface area contributed by atoms with E-state index in [-0.39, 0.29) is 5.92 Å². The summed E-state index contributed by atoms with van der Waals surface area (Å²) in [5.41, 5.74) is 15.4. The first-order valence-electron chi connectivity index (χ1n) is 8.44. The molecule has 0 aliphatic heterocycles. The minimum atomic E-state index is -0.479. The molecule has 2 heterocycles. The smallest absolute Gasteiger partial charge is 0.259 e. The van der Waals surface area contributed by atoms with Crippen molar-refractivity contribution >= 4 is 28.8 Å². The van der Waals surface area contributed by atoms with E-state index >= 15 is 0 Å². The van der Waals surface area contributed by atoms with E-state index in [4.69, 9.17) is 23.1 Å². The first-order valence-corrected chi connectivity index (χ1v) is 9.64. The highest BCUT2D eigenvalue weighted by molar-refractivity contribution is 7.18. The second-order valence-electron chi connectivity index (χ2n) is 6.01. The highest BCUT2D eigenvalue weighted by Gasteiger charge is 2.28. The average Bonchev–Trinajstić information content (AvgIpc) is 3.24. The molecule has 0 fully saturated rings. The summed E-state index contributed by atoms with van der Waals surface area (Å²) in [6.45, 7) is 3.09. The maximum Gasteiger partial charge on any atom is 0.259 e. The molecule has 1 atom stereocenters. The van der Waals surface area contributed by atoms with Crippen molar-refractivity contribution in [3.05, 3.63) is 62.9 Å². The molecule has 1 amide bonds. The number of rotatable bonds is 7. The number of aromatic nitrogens is 2. The molecule has 0 spiro atoms. The maximum atomic E-state index is 12.1. The molecule has 136 valence electrons. The summed E-state index contributed by atoms with van der Waals surface area (Å²) in [7, 11) is 0. The maximum absolute atomic E-state index is 12.1. The average molecular weight is 389 g/mol. The molecule has 0 aliphatic rings. The van der Waals surface area contributed by atoms with Crippen LogP contribution >= 0.6 is 22.9 Å². The molecule has 0 aliphatic carbocycles. The topological polar surface area (TPSA) is 86.9 Å². The number of nitrogens with zero attached hydrogens (tertiary/aromatic N) is 2. The second-order valence-corrected chi connectivity index (χ2v) is 7.64. The highest BCUT2D eigenvalue weighted by atomic mass is 35.5. The lowest BCUT2D eigenvalue weighted by molar-refractivity contribution is 0.100. The number of carbonyl (C=O) groups is 1. The van der Waals surface area contributed by atoms with Gasteiger partial charge in [0.1, 0.15) is 4.34 Å². The third-order valence-electron chi connectivity index (χ3n) is 4.42. The van der Waals surface area contributed by atoms with Crippen LogP contribution < -0.4 is 11.5 Å². The Bertz CT molecular complexity index is 904. The summed E-state index contributed by atoms with van der Waals surface area (Å²) < 4.78 is 2.40. The number of primary amides is 1. The zero-order valence-electron chi connectivity index (χ0n) is 14.5. The predicted molar refractivity (Wildman–Crippen MR) is 107 cm³/mol. The Labute approximate surface area is 161 Å². The Kier molecular flexibility index (Phi) is 5.76. The van der Waals surface area contributed by atoms with Gasteiger partial charge in [0.2, 0.25) is 0 Å². The number of halogens is 1. The van der Waals surface area contributed by atoms with Gasteiger partial charge in [-0.05, 0) is 37.1 Å². The summed E-state index contributed by atoms with van der Waals surface area (Å²) in [6, 6.07) is 12.0. The second kappa shape index (κ2) is 8.03. The van der Waals surface area contributed by atoms with Crippen LogP contribution in [0.5, 0.6) is 0 Å². The summed E-state index contributed by atoms with van der Waals surface area (Å²) in [6.07, 6.45) is 2.44. The molecule has 5 nitrogen and oxygen atoms in total. The van der Waals surface area contributed by atoms with Crippen molar-refractivity contribution in [1.82, 2.24) is 9.78 Å². The van der Waals surface area contributed by atoms with Gasteiger partial charge < -0.3 is 11.5 Å². The van der Waals surface area contributed by atoms with Gasteiger partial charge in [-0.2, -0.15) is 5.10 Å². The third-order valence-corrected chi connectivity index (χ3v) is 5.84. The molecule has 26 heavy (non-hydrogen) atoms. The lowest BCUT2D eigenvalue weighted by Gasteiger charge is -2.18. The zero-order valence-corrected chi connectivity index (χ0v) is 16.1. The number of amides is 1. The number of thiophene rings is 1. The summed E-state index contributed by atoms with van der Waals surface area (Å²) in [5.74, 6) is -0.550. The van der Waals surface area contributed by atoms with E-state index < -0.39 is 5.91 Å². The van der Waals surface area contributed by atoms with Crippen molar-refractivity contribution in [2.45, 2.75) is 25.8 Å². The third kappa shape index (κ3) is 3.53. The SMILES string of the molecule is CCn1nccc1-c1c(Cl)sc(C(N)=O)c1C(CN)Cc1ccccc1. The van der Waals surface area contributed by atoms with E-state index in [2.05, 4.69) is 17.2 Å². The molecule has 0 saturated carbocycles. The van der Waals surface area contributed by atoms with Crippen molar-refractivity contribution in [2.24, 2.45) is 11.5 Å². The van der Waals surface area contributed by atoms with Gasteiger partial charge in [-0.15, -0.1) is 11.3 Å². The van der Waals surface area contributed by atoms with Crippen LogP contribution in [0.15, 0.2) is 42.6 Å². The number of aryl methyl sites for hydroxylation is 1. The Morgan fingerprint density at radius 1 is 1.31 bits per heavy atom. The number of carbonyl (C=O) groups excluding carboxylic acids is 1. The fraction of sp³-hybridized carbons (Fsp3) is 0.263. The van der Waals surface area contributed by atoms with E-state index in [1.165, 1.54) is 11.3 Å². The number of hydrogen-bond acceptors (Lipinski definition) is 4. The molecule has 2 aromatic heterocycles. The minimum Gasteiger partial charge on any atom is -0.365 e. The van der Waals surface area contributed by atoms with Crippen LogP contribution in [0.1, 0.15) is 33.6 Å². The number of nitrogens with two attached hydrogens (primary N) is 2. The van der Waals surface area contributed by atoms with Gasteiger partial charge in [0.05, 0.1) is 10.6 Å². The molecule has 0 radical (unpaired) electrons. The lowest BCUT2D eigenvalue weighted by atomic mass is 9.88. The van der Waals surface area contributed by atoms with Gasteiger partial charge in [0, 0.05) is 24.2 Å².